The van der Waals surface area contributed by atoms with Gasteiger partial charge in [-0.1, -0.05) is 19.4 Å². The van der Waals surface area contributed by atoms with Crippen molar-refractivity contribution in [3.63, 3.8) is 0 Å². The van der Waals surface area contributed by atoms with E-state index >= 15 is 0 Å². The van der Waals surface area contributed by atoms with E-state index in [1.54, 1.807) is 7.11 Å². The number of hydrogen-bond donors (Lipinski definition) is 1. The SMILES string of the molecule is CCCCOc1cccc(NCC(C)Oc2ccc(OC)cc2)c1. The second kappa shape index (κ2) is 9.71. The van der Waals surface area contributed by atoms with E-state index in [0.717, 1.165) is 42.4 Å². The van der Waals surface area contributed by atoms with Crippen molar-refractivity contribution >= 4 is 5.69 Å². The lowest BCUT2D eigenvalue weighted by Gasteiger charge is -2.17. The van der Waals surface area contributed by atoms with Crippen LogP contribution in [0.25, 0.3) is 0 Å². The Labute approximate surface area is 144 Å². The molecular weight excluding hydrogens is 302 g/mol. The lowest BCUT2D eigenvalue weighted by atomic mass is 10.2. The molecule has 0 bridgehead atoms. The maximum absolute atomic E-state index is 5.90. The smallest absolute Gasteiger partial charge is 0.121 e. The third kappa shape index (κ3) is 6.03. The highest BCUT2D eigenvalue weighted by Gasteiger charge is 2.05. The van der Waals surface area contributed by atoms with Crippen LogP contribution in [0.2, 0.25) is 0 Å². The van der Waals surface area contributed by atoms with Gasteiger partial charge in [-0.3, -0.25) is 0 Å². The summed E-state index contributed by atoms with van der Waals surface area (Å²) < 4.78 is 16.8. The first-order chi connectivity index (χ1) is 11.7. The molecule has 0 amide bonds. The van der Waals surface area contributed by atoms with Gasteiger partial charge in [0.05, 0.1) is 20.3 Å². The van der Waals surface area contributed by atoms with Crippen LogP contribution < -0.4 is 19.5 Å². The molecular formula is C20H27NO3. The zero-order chi connectivity index (χ0) is 17.2. The van der Waals surface area contributed by atoms with Gasteiger partial charge in [-0.2, -0.15) is 0 Å². The summed E-state index contributed by atoms with van der Waals surface area (Å²) in [5.74, 6) is 2.56. The van der Waals surface area contributed by atoms with Crippen LogP contribution in [-0.4, -0.2) is 26.4 Å². The second-order valence-electron chi connectivity index (χ2n) is 5.71. The van der Waals surface area contributed by atoms with E-state index in [9.17, 15) is 0 Å². The number of rotatable bonds is 10. The Bertz CT molecular complexity index is 598. The highest BCUT2D eigenvalue weighted by Crippen LogP contribution is 2.20. The molecule has 2 aromatic carbocycles. The third-order valence-corrected chi connectivity index (χ3v) is 3.59. The minimum Gasteiger partial charge on any atom is -0.497 e. The van der Waals surface area contributed by atoms with Crippen LogP contribution in [-0.2, 0) is 0 Å². The summed E-state index contributed by atoms with van der Waals surface area (Å²) in [6.45, 7) is 5.67. The summed E-state index contributed by atoms with van der Waals surface area (Å²) in [5.41, 5.74) is 1.04. The van der Waals surface area contributed by atoms with Crippen LogP contribution in [0.3, 0.4) is 0 Å². The highest BCUT2D eigenvalue weighted by atomic mass is 16.5. The highest BCUT2D eigenvalue weighted by molar-refractivity contribution is 5.48. The fraction of sp³-hybridized carbons (Fsp3) is 0.400. The molecule has 0 aliphatic heterocycles. The number of unbranched alkanes of at least 4 members (excludes halogenated alkanes) is 1. The van der Waals surface area contributed by atoms with Crippen molar-refractivity contribution in [2.75, 3.05) is 25.6 Å². The van der Waals surface area contributed by atoms with Gasteiger partial charge in [-0.15, -0.1) is 0 Å². The predicted octanol–water partition coefficient (Wildman–Crippen LogP) is 4.75. The minimum absolute atomic E-state index is 0.0445. The van der Waals surface area contributed by atoms with Crippen LogP contribution in [0, 0.1) is 0 Å². The Morgan fingerprint density at radius 1 is 1.00 bits per heavy atom. The van der Waals surface area contributed by atoms with Crippen LogP contribution in [0.5, 0.6) is 17.2 Å². The molecule has 24 heavy (non-hydrogen) atoms. The number of methoxy groups -OCH3 is 1. The topological polar surface area (TPSA) is 39.7 Å². The number of benzene rings is 2. The Morgan fingerprint density at radius 3 is 2.46 bits per heavy atom. The van der Waals surface area contributed by atoms with E-state index in [0.29, 0.717) is 6.54 Å². The summed E-state index contributed by atoms with van der Waals surface area (Å²) in [4.78, 5) is 0. The van der Waals surface area contributed by atoms with Gasteiger partial charge < -0.3 is 19.5 Å². The molecule has 0 radical (unpaired) electrons. The molecule has 1 unspecified atom stereocenters. The van der Waals surface area contributed by atoms with Gasteiger partial charge in [0, 0.05) is 11.8 Å². The minimum atomic E-state index is 0.0445. The maximum atomic E-state index is 5.90. The number of nitrogens with one attached hydrogen (secondary N) is 1. The van der Waals surface area contributed by atoms with Crippen molar-refractivity contribution in [2.24, 2.45) is 0 Å². The molecule has 0 aliphatic carbocycles. The molecule has 0 saturated heterocycles. The molecule has 0 fully saturated rings. The van der Waals surface area contributed by atoms with Crippen molar-refractivity contribution in [3.05, 3.63) is 48.5 Å². The zero-order valence-electron chi connectivity index (χ0n) is 14.7. The maximum Gasteiger partial charge on any atom is 0.121 e. The Hall–Kier alpha value is -2.36. The average molecular weight is 329 g/mol. The first-order valence-electron chi connectivity index (χ1n) is 8.48. The summed E-state index contributed by atoms with van der Waals surface area (Å²) in [6.07, 6.45) is 2.26. The zero-order valence-corrected chi connectivity index (χ0v) is 14.7. The number of ether oxygens (including phenoxy) is 3. The van der Waals surface area contributed by atoms with Gasteiger partial charge in [0.1, 0.15) is 23.4 Å². The standard InChI is InChI=1S/C20H27NO3/c1-4-5-13-23-20-8-6-7-17(14-20)21-15-16(2)24-19-11-9-18(22-3)10-12-19/h6-12,14,16,21H,4-5,13,15H2,1-3H3. The third-order valence-electron chi connectivity index (χ3n) is 3.59. The molecule has 0 spiro atoms. The molecule has 0 saturated carbocycles. The quantitative estimate of drug-likeness (QED) is 0.638. The average Bonchev–Trinajstić information content (AvgIpc) is 2.61. The lowest BCUT2D eigenvalue weighted by Crippen LogP contribution is -2.22. The molecule has 2 rings (SSSR count). The van der Waals surface area contributed by atoms with Gasteiger partial charge in [0.15, 0.2) is 0 Å². The van der Waals surface area contributed by atoms with Gasteiger partial charge in [-0.25, -0.2) is 0 Å². The molecule has 0 heterocycles. The Kier molecular flexibility index (Phi) is 7.27. The fourth-order valence-corrected chi connectivity index (χ4v) is 2.22. The molecule has 4 heteroatoms. The summed E-state index contributed by atoms with van der Waals surface area (Å²) in [5, 5.41) is 3.39. The predicted molar refractivity (Wildman–Crippen MR) is 98.4 cm³/mol. The Balaban J connectivity index is 1.80. The molecule has 1 atom stereocenters. The Morgan fingerprint density at radius 2 is 1.75 bits per heavy atom. The molecule has 1 N–H and O–H groups in total. The summed E-state index contributed by atoms with van der Waals surface area (Å²) in [7, 11) is 1.66. The second-order valence-corrected chi connectivity index (χ2v) is 5.71. The molecule has 2 aromatic rings. The van der Waals surface area contributed by atoms with Crippen molar-refractivity contribution in [3.8, 4) is 17.2 Å². The number of anilines is 1. The van der Waals surface area contributed by atoms with Crippen molar-refractivity contribution in [2.45, 2.75) is 32.8 Å². The molecule has 0 aromatic heterocycles. The largest absolute Gasteiger partial charge is 0.497 e. The first kappa shape index (κ1) is 18.0. The van der Waals surface area contributed by atoms with Gasteiger partial charge >= 0.3 is 0 Å². The summed E-state index contributed by atoms with van der Waals surface area (Å²) in [6, 6.07) is 15.7. The summed E-state index contributed by atoms with van der Waals surface area (Å²) >= 11 is 0. The van der Waals surface area contributed by atoms with E-state index in [2.05, 4.69) is 12.2 Å². The molecule has 0 aliphatic rings. The fourth-order valence-electron chi connectivity index (χ4n) is 2.22. The molecule has 4 nitrogen and oxygen atoms in total. The van der Waals surface area contributed by atoms with E-state index in [1.807, 2.05) is 55.5 Å². The van der Waals surface area contributed by atoms with Crippen LogP contribution >= 0.6 is 0 Å². The first-order valence-corrected chi connectivity index (χ1v) is 8.48. The van der Waals surface area contributed by atoms with Gasteiger partial charge in [-0.05, 0) is 49.7 Å². The van der Waals surface area contributed by atoms with Gasteiger partial charge in [0.2, 0.25) is 0 Å². The normalized spacial score (nSPS) is 11.6. The monoisotopic (exact) mass is 329 g/mol. The van der Waals surface area contributed by atoms with Crippen LogP contribution in [0.15, 0.2) is 48.5 Å². The molecule has 130 valence electrons. The van der Waals surface area contributed by atoms with Crippen LogP contribution in [0.1, 0.15) is 26.7 Å². The van der Waals surface area contributed by atoms with Crippen molar-refractivity contribution in [1.82, 2.24) is 0 Å². The van der Waals surface area contributed by atoms with E-state index in [-0.39, 0.29) is 6.10 Å². The van der Waals surface area contributed by atoms with Crippen molar-refractivity contribution in [1.29, 1.82) is 0 Å². The number of hydrogen-bond acceptors (Lipinski definition) is 4. The van der Waals surface area contributed by atoms with Gasteiger partial charge in [0.25, 0.3) is 0 Å². The lowest BCUT2D eigenvalue weighted by molar-refractivity contribution is 0.234. The van der Waals surface area contributed by atoms with Crippen LogP contribution in [0.4, 0.5) is 5.69 Å². The van der Waals surface area contributed by atoms with E-state index in [1.165, 1.54) is 0 Å². The van der Waals surface area contributed by atoms with E-state index < -0.39 is 0 Å². The van der Waals surface area contributed by atoms with Crippen molar-refractivity contribution < 1.29 is 14.2 Å². The van der Waals surface area contributed by atoms with E-state index in [4.69, 9.17) is 14.2 Å².